The molecule has 2 amide bonds. The summed E-state index contributed by atoms with van der Waals surface area (Å²) < 4.78 is 0. The SMILES string of the molecule is CN(C(=O)c1cccc(NC(=O)c2cnn(-c3ccccc3)n2)c1)c1ccccc1. The zero-order chi connectivity index (χ0) is 20.9. The summed E-state index contributed by atoms with van der Waals surface area (Å²) in [5, 5.41) is 11.1. The van der Waals surface area contributed by atoms with Gasteiger partial charge in [-0.15, -0.1) is 5.10 Å². The summed E-state index contributed by atoms with van der Waals surface area (Å²) in [6.45, 7) is 0. The normalized spacial score (nSPS) is 10.4. The fraction of sp³-hybridized carbons (Fsp3) is 0.0435. The first-order chi connectivity index (χ1) is 14.6. The first-order valence-electron chi connectivity index (χ1n) is 9.34. The minimum atomic E-state index is -0.404. The molecule has 0 fully saturated rings. The zero-order valence-corrected chi connectivity index (χ0v) is 16.3. The quantitative estimate of drug-likeness (QED) is 0.556. The molecule has 1 heterocycles. The Morgan fingerprint density at radius 3 is 2.33 bits per heavy atom. The first-order valence-corrected chi connectivity index (χ1v) is 9.34. The molecule has 0 bridgehead atoms. The molecule has 1 aromatic heterocycles. The number of hydrogen-bond donors (Lipinski definition) is 1. The highest BCUT2D eigenvalue weighted by Crippen LogP contribution is 2.18. The lowest BCUT2D eigenvalue weighted by Crippen LogP contribution is -2.26. The monoisotopic (exact) mass is 397 g/mol. The van der Waals surface area contributed by atoms with Crippen LogP contribution >= 0.6 is 0 Å². The third-order valence-electron chi connectivity index (χ3n) is 4.53. The number of para-hydroxylation sites is 2. The number of anilines is 2. The maximum atomic E-state index is 12.8. The molecule has 0 aliphatic heterocycles. The maximum Gasteiger partial charge on any atom is 0.277 e. The van der Waals surface area contributed by atoms with Gasteiger partial charge in [0.2, 0.25) is 0 Å². The van der Waals surface area contributed by atoms with Crippen LogP contribution in [0, 0.1) is 0 Å². The molecule has 0 aliphatic rings. The Morgan fingerprint density at radius 1 is 0.900 bits per heavy atom. The predicted molar refractivity (Wildman–Crippen MR) is 115 cm³/mol. The van der Waals surface area contributed by atoms with E-state index < -0.39 is 5.91 Å². The van der Waals surface area contributed by atoms with Crippen LogP contribution in [-0.2, 0) is 0 Å². The van der Waals surface area contributed by atoms with E-state index in [1.54, 1.807) is 36.2 Å². The molecule has 0 aliphatic carbocycles. The number of hydrogen-bond acceptors (Lipinski definition) is 4. The van der Waals surface area contributed by atoms with Crippen LogP contribution in [0.3, 0.4) is 0 Å². The van der Waals surface area contributed by atoms with Gasteiger partial charge in [0.15, 0.2) is 5.69 Å². The van der Waals surface area contributed by atoms with Crippen LogP contribution in [0.2, 0.25) is 0 Å². The molecule has 1 N–H and O–H groups in total. The molecule has 0 saturated carbocycles. The van der Waals surface area contributed by atoms with E-state index in [4.69, 9.17) is 0 Å². The van der Waals surface area contributed by atoms with Gasteiger partial charge in [0.05, 0.1) is 11.9 Å². The van der Waals surface area contributed by atoms with Gasteiger partial charge in [0, 0.05) is 24.0 Å². The van der Waals surface area contributed by atoms with Gasteiger partial charge in [0.25, 0.3) is 11.8 Å². The minimum Gasteiger partial charge on any atom is -0.321 e. The lowest BCUT2D eigenvalue weighted by Gasteiger charge is -2.17. The first kappa shape index (κ1) is 19.1. The minimum absolute atomic E-state index is 0.174. The van der Waals surface area contributed by atoms with Crippen molar-refractivity contribution in [1.29, 1.82) is 0 Å². The summed E-state index contributed by atoms with van der Waals surface area (Å²) in [5.74, 6) is -0.578. The summed E-state index contributed by atoms with van der Waals surface area (Å²) in [5.41, 5.74) is 2.69. The topological polar surface area (TPSA) is 80.1 Å². The van der Waals surface area contributed by atoms with E-state index in [1.165, 1.54) is 11.0 Å². The largest absolute Gasteiger partial charge is 0.321 e. The Labute approximate surface area is 173 Å². The number of rotatable bonds is 5. The van der Waals surface area contributed by atoms with Gasteiger partial charge in [0.1, 0.15) is 0 Å². The molecule has 148 valence electrons. The highest BCUT2D eigenvalue weighted by molar-refractivity contribution is 6.07. The van der Waals surface area contributed by atoms with Crippen molar-refractivity contribution in [2.45, 2.75) is 0 Å². The molecule has 0 spiro atoms. The third-order valence-corrected chi connectivity index (χ3v) is 4.53. The Balaban J connectivity index is 1.49. The molecule has 30 heavy (non-hydrogen) atoms. The Bertz CT molecular complexity index is 1170. The van der Waals surface area contributed by atoms with Gasteiger partial charge in [-0.1, -0.05) is 42.5 Å². The second-order valence-electron chi connectivity index (χ2n) is 6.59. The molecule has 4 aromatic rings. The number of benzene rings is 3. The van der Waals surface area contributed by atoms with Crippen molar-refractivity contribution in [1.82, 2.24) is 15.0 Å². The molecule has 0 unspecified atom stereocenters. The summed E-state index contributed by atoms with van der Waals surface area (Å²) in [4.78, 5) is 28.3. The highest BCUT2D eigenvalue weighted by atomic mass is 16.2. The molecule has 7 heteroatoms. The van der Waals surface area contributed by atoms with E-state index in [9.17, 15) is 9.59 Å². The van der Waals surface area contributed by atoms with Gasteiger partial charge >= 0.3 is 0 Å². The summed E-state index contributed by atoms with van der Waals surface area (Å²) >= 11 is 0. The maximum absolute atomic E-state index is 12.8. The average molecular weight is 397 g/mol. The van der Waals surface area contributed by atoms with Crippen LogP contribution < -0.4 is 10.2 Å². The van der Waals surface area contributed by atoms with Crippen LogP contribution in [-0.4, -0.2) is 33.9 Å². The van der Waals surface area contributed by atoms with E-state index in [0.29, 0.717) is 11.3 Å². The average Bonchev–Trinajstić information content (AvgIpc) is 3.30. The van der Waals surface area contributed by atoms with Gasteiger partial charge < -0.3 is 10.2 Å². The molecule has 7 nitrogen and oxygen atoms in total. The zero-order valence-electron chi connectivity index (χ0n) is 16.3. The van der Waals surface area contributed by atoms with E-state index >= 15 is 0 Å². The van der Waals surface area contributed by atoms with E-state index in [-0.39, 0.29) is 11.6 Å². The molecule has 3 aromatic carbocycles. The number of carbonyl (C=O) groups is 2. The Kier molecular flexibility index (Phi) is 5.34. The molecular formula is C23H19N5O2. The van der Waals surface area contributed by atoms with Crippen molar-refractivity contribution in [3.05, 3.63) is 102 Å². The Hall–Kier alpha value is -4.26. The van der Waals surface area contributed by atoms with Gasteiger partial charge in [-0.3, -0.25) is 9.59 Å². The lowest BCUT2D eigenvalue weighted by atomic mass is 10.1. The molecule has 0 saturated heterocycles. The molecule has 4 rings (SSSR count). The summed E-state index contributed by atoms with van der Waals surface area (Å²) in [6, 6.07) is 25.5. The van der Waals surface area contributed by atoms with E-state index in [1.807, 2.05) is 60.7 Å². The van der Waals surface area contributed by atoms with Crippen LogP contribution in [0.5, 0.6) is 0 Å². The number of amides is 2. The second kappa shape index (κ2) is 8.40. The smallest absolute Gasteiger partial charge is 0.277 e. The predicted octanol–water partition coefficient (Wildman–Crippen LogP) is 3.80. The van der Waals surface area contributed by atoms with E-state index in [2.05, 4.69) is 15.5 Å². The van der Waals surface area contributed by atoms with Gasteiger partial charge in [-0.2, -0.15) is 9.90 Å². The Morgan fingerprint density at radius 2 is 1.60 bits per heavy atom. The van der Waals surface area contributed by atoms with Crippen molar-refractivity contribution in [3.8, 4) is 5.69 Å². The fourth-order valence-corrected chi connectivity index (χ4v) is 2.94. The standard InChI is InChI=1S/C23H19N5O2/c1-27(19-11-4-2-5-12-19)23(30)17-9-8-10-18(15-17)25-22(29)21-16-24-28(26-21)20-13-6-3-7-14-20/h2-16H,1H3,(H,25,29). The molecule has 0 radical (unpaired) electrons. The number of nitrogens with one attached hydrogen (secondary N) is 1. The van der Waals surface area contributed by atoms with Crippen LogP contribution in [0.15, 0.2) is 91.1 Å². The molecular weight excluding hydrogens is 378 g/mol. The number of carbonyl (C=O) groups excluding carboxylic acids is 2. The lowest BCUT2D eigenvalue weighted by molar-refractivity contribution is 0.0989. The number of aromatic nitrogens is 3. The van der Waals surface area contributed by atoms with Crippen LogP contribution in [0.25, 0.3) is 5.69 Å². The van der Waals surface area contributed by atoms with Crippen LogP contribution in [0.4, 0.5) is 11.4 Å². The van der Waals surface area contributed by atoms with Gasteiger partial charge in [-0.25, -0.2) is 0 Å². The van der Waals surface area contributed by atoms with Crippen molar-refractivity contribution < 1.29 is 9.59 Å². The summed E-state index contributed by atoms with van der Waals surface area (Å²) in [7, 11) is 1.71. The van der Waals surface area contributed by atoms with Crippen molar-refractivity contribution >= 4 is 23.2 Å². The van der Waals surface area contributed by atoms with Crippen LogP contribution in [0.1, 0.15) is 20.8 Å². The summed E-state index contributed by atoms with van der Waals surface area (Å²) in [6.07, 6.45) is 1.40. The fourth-order valence-electron chi connectivity index (χ4n) is 2.94. The second-order valence-corrected chi connectivity index (χ2v) is 6.59. The third kappa shape index (κ3) is 4.10. The molecule has 0 atom stereocenters. The number of nitrogens with zero attached hydrogens (tertiary/aromatic N) is 4. The van der Waals surface area contributed by atoms with E-state index in [0.717, 1.165) is 11.4 Å². The van der Waals surface area contributed by atoms with Crippen molar-refractivity contribution in [2.75, 3.05) is 17.3 Å². The highest BCUT2D eigenvalue weighted by Gasteiger charge is 2.16. The van der Waals surface area contributed by atoms with Crippen molar-refractivity contribution in [3.63, 3.8) is 0 Å². The van der Waals surface area contributed by atoms with Gasteiger partial charge in [-0.05, 0) is 42.5 Å². The van der Waals surface area contributed by atoms with Crippen molar-refractivity contribution in [2.24, 2.45) is 0 Å².